The summed E-state index contributed by atoms with van der Waals surface area (Å²) in [5, 5.41) is 3.22. The highest BCUT2D eigenvalue weighted by Crippen LogP contribution is 2.14. The average Bonchev–Trinajstić information content (AvgIpc) is 2.56. The number of carbonyl (C=O) groups excluding carboxylic acids is 1. The highest BCUT2D eigenvalue weighted by atomic mass is 19.1. The summed E-state index contributed by atoms with van der Waals surface area (Å²) in [6.45, 7) is 1.78. The highest BCUT2D eigenvalue weighted by Gasteiger charge is 2.16. The SMILES string of the molecule is C[C@H](NC(=O)c1c[nH]c2ccccc2c1=O)c1ccc(F)cc1. The van der Waals surface area contributed by atoms with Gasteiger partial charge in [0.1, 0.15) is 11.4 Å². The number of amides is 1. The van der Waals surface area contributed by atoms with E-state index in [4.69, 9.17) is 0 Å². The van der Waals surface area contributed by atoms with E-state index in [2.05, 4.69) is 10.3 Å². The fourth-order valence-corrected chi connectivity index (χ4v) is 2.45. The van der Waals surface area contributed by atoms with Gasteiger partial charge in [-0.1, -0.05) is 24.3 Å². The molecule has 2 N–H and O–H groups in total. The van der Waals surface area contributed by atoms with Crippen LogP contribution < -0.4 is 10.7 Å². The highest BCUT2D eigenvalue weighted by molar-refractivity contribution is 5.97. The van der Waals surface area contributed by atoms with Crippen LogP contribution in [0, 0.1) is 5.82 Å². The fourth-order valence-electron chi connectivity index (χ4n) is 2.45. The molecule has 0 aliphatic rings. The Labute approximate surface area is 132 Å². The van der Waals surface area contributed by atoms with Gasteiger partial charge in [-0.25, -0.2) is 4.39 Å². The number of pyridine rings is 1. The van der Waals surface area contributed by atoms with Gasteiger partial charge in [0.2, 0.25) is 5.43 Å². The smallest absolute Gasteiger partial charge is 0.257 e. The summed E-state index contributed by atoms with van der Waals surface area (Å²) in [5.74, 6) is -0.799. The van der Waals surface area contributed by atoms with E-state index in [1.807, 2.05) is 6.07 Å². The third-order valence-corrected chi connectivity index (χ3v) is 3.75. The molecule has 1 heterocycles. The van der Waals surface area contributed by atoms with Crippen LogP contribution in [-0.4, -0.2) is 10.9 Å². The molecular formula is C18H15FN2O2. The van der Waals surface area contributed by atoms with Crippen molar-refractivity contribution in [2.75, 3.05) is 0 Å². The number of fused-ring (bicyclic) bond motifs is 1. The Hall–Kier alpha value is -2.95. The van der Waals surface area contributed by atoms with Crippen LogP contribution in [-0.2, 0) is 0 Å². The van der Waals surface area contributed by atoms with E-state index in [-0.39, 0.29) is 22.9 Å². The zero-order valence-corrected chi connectivity index (χ0v) is 12.5. The molecule has 0 saturated heterocycles. The molecule has 3 aromatic rings. The molecular weight excluding hydrogens is 295 g/mol. The Kier molecular flexibility index (Phi) is 3.93. The summed E-state index contributed by atoms with van der Waals surface area (Å²) < 4.78 is 12.9. The topological polar surface area (TPSA) is 62.0 Å². The van der Waals surface area contributed by atoms with E-state index in [0.29, 0.717) is 10.9 Å². The molecule has 0 fully saturated rings. The first kappa shape index (κ1) is 15.0. The molecule has 0 bridgehead atoms. The number of nitrogens with one attached hydrogen (secondary N) is 2. The maximum Gasteiger partial charge on any atom is 0.257 e. The molecule has 0 aliphatic carbocycles. The zero-order chi connectivity index (χ0) is 16.4. The first-order valence-electron chi connectivity index (χ1n) is 7.23. The number of aromatic amines is 1. The molecule has 1 aromatic heterocycles. The van der Waals surface area contributed by atoms with E-state index in [1.54, 1.807) is 37.3 Å². The van der Waals surface area contributed by atoms with E-state index in [9.17, 15) is 14.0 Å². The molecule has 3 rings (SSSR count). The van der Waals surface area contributed by atoms with Crippen molar-refractivity contribution >= 4 is 16.8 Å². The Morgan fingerprint density at radius 1 is 1.13 bits per heavy atom. The second-order valence-corrected chi connectivity index (χ2v) is 5.32. The predicted molar refractivity (Wildman–Crippen MR) is 86.8 cm³/mol. The van der Waals surface area contributed by atoms with Gasteiger partial charge in [0, 0.05) is 17.1 Å². The molecule has 0 spiro atoms. The lowest BCUT2D eigenvalue weighted by molar-refractivity contribution is 0.0938. The fraction of sp³-hybridized carbons (Fsp3) is 0.111. The van der Waals surface area contributed by atoms with Crippen LogP contribution >= 0.6 is 0 Å². The van der Waals surface area contributed by atoms with Crippen molar-refractivity contribution in [1.29, 1.82) is 0 Å². The van der Waals surface area contributed by atoms with Crippen molar-refractivity contribution < 1.29 is 9.18 Å². The molecule has 4 nitrogen and oxygen atoms in total. The van der Waals surface area contributed by atoms with Gasteiger partial charge in [-0.15, -0.1) is 0 Å². The minimum absolute atomic E-state index is 0.0534. The second kappa shape index (κ2) is 6.04. The van der Waals surface area contributed by atoms with E-state index < -0.39 is 5.91 Å². The lowest BCUT2D eigenvalue weighted by Gasteiger charge is -2.14. The number of H-pyrrole nitrogens is 1. The number of rotatable bonds is 3. The average molecular weight is 310 g/mol. The maximum absolute atomic E-state index is 12.9. The number of aromatic nitrogens is 1. The predicted octanol–water partition coefficient (Wildman–Crippen LogP) is 3.16. The van der Waals surface area contributed by atoms with Crippen LogP contribution in [0.1, 0.15) is 28.9 Å². The van der Waals surface area contributed by atoms with Gasteiger partial charge in [-0.3, -0.25) is 9.59 Å². The Balaban J connectivity index is 1.87. The summed E-state index contributed by atoms with van der Waals surface area (Å²) in [6, 6.07) is 12.6. The molecule has 5 heteroatoms. The summed E-state index contributed by atoms with van der Waals surface area (Å²) in [7, 11) is 0. The molecule has 0 radical (unpaired) electrons. The monoisotopic (exact) mass is 310 g/mol. The zero-order valence-electron chi connectivity index (χ0n) is 12.5. The number of hydrogen-bond donors (Lipinski definition) is 2. The van der Waals surface area contributed by atoms with Gasteiger partial charge in [-0.05, 0) is 36.8 Å². The quantitative estimate of drug-likeness (QED) is 0.780. The molecule has 1 atom stereocenters. The Morgan fingerprint density at radius 3 is 2.57 bits per heavy atom. The van der Waals surface area contributed by atoms with Gasteiger partial charge in [0.15, 0.2) is 0 Å². The summed E-state index contributed by atoms with van der Waals surface area (Å²) in [6.07, 6.45) is 1.41. The van der Waals surface area contributed by atoms with E-state index in [1.165, 1.54) is 18.3 Å². The number of halogens is 1. The van der Waals surface area contributed by atoms with Crippen molar-refractivity contribution in [1.82, 2.24) is 10.3 Å². The minimum atomic E-state index is -0.464. The van der Waals surface area contributed by atoms with Crippen LogP contribution in [0.5, 0.6) is 0 Å². The van der Waals surface area contributed by atoms with Crippen molar-refractivity contribution in [3.8, 4) is 0 Å². The third kappa shape index (κ3) is 2.99. The van der Waals surface area contributed by atoms with Crippen LogP contribution in [0.15, 0.2) is 59.5 Å². The molecule has 23 heavy (non-hydrogen) atoms. The lowest BCUT2D eigenvalue weighted by atomic mass is 10.1. The third-order valence-electron chi connectivity index (χ3n) is 3.75. The van der Waals surface area contributed by atoms with Crippen LogP contribution in [0.3, 0.4) is 0 Å². The van der Waals surface area contributed by atoms with Crippen molar-refractivity contribution in [2.45, 2.75) is 13.0 Å². The number of carbonyl (C=O) groups is 1. The van der Waals surface area contributed by atoms with Gasteiger partial charge in [-0.2, -0.15) is 0 Å². The van der Waals surface area contributed by atoms with Gasteiger partial charge in [0.05, 0.1) is 6.04 Å². The number of para-hydroxylation sites is 1. The maximum atomic E-state index is 12.9. The van der Waals surface area contributed by atoms with Crippen LogP contribution in [0.2, 0.25) is 0 Å². The molecule has 2 aromatic carbocycles. The van der Waals surface area contributed by atoms with Gasteiger partial charge in [0.25, 0.3) is 5.91 Å². The van der Waals surface area contributed by atoms with Crippen LogP contribution in [0.25, 0.3) is 10.9 Å². The summed E-state index contributed by atoms with van der Waals surface area (Å²) in [5.41, 5.74) is 1.18. The summed E-state index contributed by atoms with van der Waals surface area (Å²) >= 11 is 0. The Morgan fingerprint density at radius 2 is 1.83 bits per heavy atom. The summed E-state index contributed by atoms with van der Waals surface area (Å²) in [4.78, 5) is 27.7. The molecule has 0 unspecified atom stereocenters. The second-order valence-electron chi connectivity index (χ2n) is 5.32. The molecule has 116 valence electrons. The van der Waals surface area contributed by atoms with E-state index >= 15 is 0 Å². The van der Waals surface area contributed by atoms with Gasteiger partial charge < -0.3 is 10.3 Å². The van der Waals surface area contributed by atoms with Crippen molar-refractivity contribution in [2.24, 2.45) is 0 Å². The molecule has 0 saturated carbocycles. The number of benzene rings is 2. The standard InChI is InChI=1S/C18H15FN2O2/c1-11(12-6-8-13(19)9-7-12)21-18(23)15-10-20-16-5-3-2-4-14(16)17(15)22/h2-11H,1H3,(H,20,22)(H,21,23)/t11-/m0/s1. The largest absolute Gasteiger partial charge is 0.360 e. The first-order valence-corrected chi connectivity index (χ1v) is 7.23. The minimum Gasteiger partial charge on any atom is -0.360 e. The normalized spacial score (nSPS) is 12.1. The molecule has 1 amide bonds. The lowest BCUT2D eigenvalue weighted by Crippen LogP contribution is -2.31. The van der Waals surface area contributed by atoms with Crippen LogP contribution in [0.4, 0.5) is 4.39 Å². The van der Waals surface area contributed by atoms with E-state index in [0.717, 1.165) is 5.56 Å². The number of hydrogen-bond acceptors (Lipinski definition) is 2. The Bertz CT molecular complexity index is 916. The van der Waals surface area contributed by atoms with Crippen molar-refractivity contribution in [3.63, 3.8) is 0 Å². The molecule has 0 aliphatic heterocycles. The van der Waals surface area contributed by atoms with Crippen molar-refractivity contribution in [3.05, 3.63) is 81.9 Å². The van der Waals surface area contributed by atoms with Gasteiger partial charge >= 0.3 is 0 Å². The first-order chi connectivity index (χ1) is 11.1.